The van der Waals surface area contributed by atoms with E-state index in [0.717, 1.165) is 18.4 Å². The Labute approximate surface area is 123 Å². The lowest BCUT2D eigenvalue weighted by Crippen LogP contribution is -2.37. The molecule has 7 heteroatoms. The Morgan fingerprint density at radius 2 is 2.00 bits per heavy atom. The van der Waals surface area contributed by atoms with E-state index in [2.05, 4.69) is 4.90 Å². The van der Waals surface area contributed by atoms with Crippen molar-refractivity contribution in [1.29, 1.82) is 0 Å². The molecule has 0 unspecified atom stereocenters. The molecule has 1 saturated carbocycles. The second-order valence-electron chi connectivity index (χ2n) is 5.89. The van der Waals surface area contributed by atoms with E-state index in [9.17, 15) is 18.5 Å². The predicted octanol–water partition coefficient (Wildman–Crippen LogP) is 1.75. The molecule has 0 spiro atoms. The Morgan fingerprint density at radius 3 is 2.57 bits per heavy atom. The van der Waals surface area contributed by atoms with E-state index in [1.54, 1.807) is 12.1 Å². The second-order valence-corrected chi connectivity index (χ2v) is 8.12. The number of hydrogen-bond donors (Lipinski definition) is 0. The van der Waals surface area contributed by atoms with Gasteiger partial charge in [-0.3, -0.25) is 15.0 Å². The van der Waals surface area contributed by atoms with E-state index >= 15 is 0 Å². The summed E-state index contributed by atoms with van der Waals surface area (Å²) < 4.78 is 23.3. The van der Waals surface area contributed by atoms with Crippen LogP contribution in [0.25, 0.3) is 0 Å². The number of nitro groups is 1. The summed E-state index contributed by atoms with van der Waals surface area (Å²) in [6.45, 7) is 0.590. The van der Waals surface area contributed by atoms with Gasteiger partial charge >= 0.3 is 0 Å². The number of nitrogens with zero attached hydrogens (tertiary/aromatic N) is 2. The number of non-ortho nitro benzene ring substituents is 1. The van der Waals surface area contributed by atoms with Crippen LogP contribution in [0.2, 0.25) is 0 Å². The molecule has 0 aromatic heterocycles. The van der Waals surface area contributed by atoms with Crippen LogP contribution >= 0.6 is 0 Å². The van der Waals surface area contributed by atoms with Crippen LogP contribution in [-0.4, -0.2) is 41.8 Å². The Balaban J connectivity index is 1.77. The Bertz CT molecular complexity index is 655. The molecule has 0 radical (unpaired) electrons. The Kier molecular flexibility index (Phi) is 3.71. The van der Waals surface area contributed by atoms with Gasteiger partial charge in [-0.15, -0.1) is 0 Å². The van der Waals surface area contributed by atoms with Gasteiger partial charge in [0.25, 0.3) is 5.69 Å². The monoisotopic (exact) mass is 310 g/mol. The van der Waals surface area contributed by atoms with Gasteiger partial charge in [0.2, 0.25) is 0 Å². The maximum atomic E-state index is 11.7. The lowest BCUT2D eigenvalue weighted by molar-refractivity contribution is -0.384. The molecule has 0 bridgehead atoms. The fourth-order valence-electron chi connectivity index (χ4n) is 2.98. The first kappa shape index (κ1) is 14.5. The third kappa shape index (κ3) is 3.41. The highest BCUT2D eigenvalue weighted by Crippen LogP contribution is 2.33. The molecule has 1 aliphatic heterocycles. The summed E-state index contributed by atoms with van der Waals surface area (Å²) in [5.41, 5.74) is 0.961. The summed E-state index contributed by atoms with van der Waals surface area (Å²) in [5, 5.41) is 10.8. The molecular formula is C14H18N2O4S. The molecule has 1 saturated heterocycles. The lowest BCUT2D eigenvalue weighted by Gasteiger charge is -2.28. The van der Waals surface area contributed by atoms with Gasteiger partial charge in [-0.05, 0) is 24.8 Å². The van der Waals surface area contributed by atoms with Gasteiger partial charge in [0.05, 0.1) is 16.4 Å². The van der Waals surface area contributed by atoms with Crippen LogP contribution < -0.4 is 0 Å². The first-order valence-electron chi connectivity index (χ1n) is 7.14. The van der Waals surface area contributed by atoms with Gasteiger partial charge < -0.3 is 0 Å². The van der Waals surface area contributed by atoms with Crippen molar-refractivity contribution in [3.05, 3.63) is 39.9 Å². The summed E-state index contributed by atoms with van der Waals surface area (Å²) in [7, 11) is -2.91. The average Bonchev–Trinajstić information content (AvgIpc) is 3.20. The quantitative estimate of drug-likeness (QED) is 0.611. The van der Waals surface area contributed by atoms with E-state index in [1.165, 1.54) is 6.07 Å². The maximum absolute atomic E-state index is 11.7. The van der Waals surface area contributed by atoms with Gasteiger partial charge in [0.15, 0.2) is 9.84 Å². The lowest BCUT2D eigenvalue weighted by atomic mass is 10.1. The number of rotatable bonds is 5. The summed E-state index contributed by atoms with van der Waals surface area (Å²) >= 11 is 0. The molecule has 3 rings (SSSR count). The van der Waals surface area contributed by atoms with Crippen LogP contribution in [0.3, 0.4) is 0 Å². The molecule has 114 valence electrons. The van der Waals surface area contributed by atoms with E-state index in [4.69, 9.17) is 0 Å². The largest absolute Gasteiger partial charge is 0.292 e. The van der Waals surface area contributed by atoms with Crippen molar-refractivity contribution < 1.29 is 13.3 Å². The minimum atomic E-state index is -2.91. The van der Waals surface area contributed by atoms with Crippen LogP contribution in [0.15, 0.2) is 24.3 Å². The van der Waals surface area contributed by atoms with E-state index in [0.29, 0.717) is 19.0 Å². The smallest absolute Gasteiger partial charge is 0.269 e. The average molecular weight is 310 g/mol. The van der Waals surface area contributed by atoms with Crippen LogP contribution in [-0.2, 0) is 16.4 Å². The molecule has 21 heavy (non-hydrogen) atoms. The topological polar surface area (TPSA) is 80.5 Å². The zero-order chi connectivity index (χ0) is 15.0. The standard InChI is InChI=1S/C14H18N2O4S/c17-16(18)13-3-1-2-11(8-13)9-15(12-4-5-12)14-6-7-21(19,20)10-14/h1-3,8,12,14H,4-7,9-10H2/t14-/m0/s1. The molecule has 1 heterocycles. The third-order valence-electron chi connectivity index (χ3n) is 4.18. The highest BCUT2D eigenvalue weighted by atomic mass is 32.2. The van der Waals surface area contributed by atoms with E-state index in [-0.39, 0.29) is 23.2 Å². The highest BCUT2D eigenvalue weighted by Gasteiger charge is 2.39. The summed E-state index contributed by atoms with van der Waals surface area (Å²) in [6.07, 6.45) is 2.85. The van der Waals surface area contributed by atoms with Crippen molar-refractivity contribution in [2.45, 2.75) is 37.9 Å². The predicted molar refractivity (Wildman–Crippen MR) is 78.7 cm³/mol. The fourth-order valence-corrected chi connectivity index (χ4v) is 4.72. The van der Waals surface area contributed by atoms with Crippen LogP contribution in [0, 0.1) is 10.1 Å². The molecule has 1 aromatic rings. The zero-order valence-corrected chi connectivity index (χ0v) is 12.5. The minimum Gasteiger partial charge on any atom is -0.292 e. The normalized spacial score (nSPS) is 24.3. The molecule has 1 aromatic carbocycles. The highest BCUT2D eigenvalue weighted by molar-refractivity contribution is 7.91. The SMILES string of the molecule is O=[N+]([O-])c1cccc(CN(C2CC2)[C@H]2CCS(=O)(=O)C2)c1. The number of hydrogen-bond acceptors (Lipinski definition) is 5. The minimum absolute atomic E-state index is 0.0572. The first-order valence-corrected chi connectivity index (χ1v) is 8.96. The maximum Gasteiger partial charge on any atom is 0.269 e. The van der Waals surface area contributed by atoms with Gasteiger partial charge in [0.1, 0.15) is 0 Å². The molecule has 2 aliphatic rings. The van der Waals surface area contributed by atoms with Crippen LogP contribution in [0.4, 0.5) is 5.69 Å². The molecular weight excluding hydrogens is 292 g/mol. The number of sulfone groups is 1. The Hall–Kier alpha value is -1.47. The van der Waals surface area contributed by atoms with Crippen LogP contribution in [0.1, 0.15) is 24.8 Å². The van der Waals surface area contributed by atoms with Crippen molar-refractivity contribution in [3.63, 3.8) is 0 Å². The summed E-state index contributed by atoms with van der Waals surface area (Å²) in [4.78, 5) is 12.7. The first-order chi connectivity index (χ1) is 9.94. The molecule has 0 N–H and O–H groups in total. The summed E-state index contributed by atoms with van der Waals surface area (Å²) in [6, 6.07) is 7.10. The number of benzene rings is 1. The van der Waals surface area contributed by atoms with Gasteiger partial charge in [-0.25, -0.2) is 8.42 Å². The molecule has 6 nitrogen and oxygen atoms in total. The fraction of sp³-hybridized carbons (Fsp3) is 0.571. The van der Waals surface area contributed by atoms with E-state index in [1.807, 2.05) is 6.07 Å². The van der Waals surface area contributed by atoms with Crippen molar-refractivity contribution in [3.8, 4) is 0 Å². The van der Waals surface area contributed by atoms with Gasteiger partial charge in [0, 0.05) is 30.8 Å². The Morgan fingerprint density at radius 1 is 1.24 bits per heavy atom. The molecule has 2 fully saturated rings. The molecule has 0 amide bonds. The van der Waals surface area contributed by atoms with Gasteiger partial charge in [-0.2, -0.15) is 0 Å². The van der Waals surface area contributed by atoms with Crippen molar-refractivity contribution in [2.24, 2.45) is 0 Å². The van der Waals surface area contributed by atoms with E-state index < -0.39 is 14.8 Å². The van der Waals surface area contributed by atoms with Gasteiger partial charge in [-0.1, -0.05) is 12.1 Å². The molecule has 1 atom stereocenters. The second kappa shape index (κ2) is 5.38. The number of nitro benzene ring substituents is 1. The summed E-state index contributed by atoms with van der Waals surface area (Å²) in [5.74, 6) is 0.480. The molecule has 1 aliphatic carbocycles. The van der Waals surface area contributed by atoms with Crippen LogP contribution in [0.5, 0.6) is 0 Å². The zero-order valence-electron chi connectivity index (χ0n) is 11.6. The third-order valence-corrected chi connectivity index (χ3v) is 5.93. The van der Waals surface area contributed by atoms with Crippen molar-refractivity contribution >= 4 is 15.5 Å². The van der Waals surface area contributed by atoms with Crippen molar-refractivity contribution in [1.82, 2.24) is 4.90 Å². The van der Waals surface area contributed by atoms with Crippen molar-refractivity contribution in [2.75, 3.05) is 11.5 Å².